The highest BCUT2D eigenvalue weighted by atomic mass is 28.4. The van der Waals surface area contributed by atoms with Crippen LogP contribution in [0.15, 0.2) is 0 Å². The van der Waals surface area contributed by atoms with Gasteiger partial charge in [0.25, 0.3) is 0 Å². The van der Waals surface area contributed by atoms with Gasteiger partial charge in [-0.05, 0) is 48.6 Å². The first-order chi connectivity index (χ1) is 6.54. The molecule has 0 fully saturated rings. The third kappa shape index (κ3) is 6.27. The Bertz CT molecular complexity index is 174. The predicted octanol–water partition coefficient (Wildman–Crippen LogP) is 1.06. The molecular weight excluding hydrogens is 206 g/mol. The van der Waals surface area contributed by atoms with E-state index in [1.807, 2.05) is 7.05 Å². The van der Waals surface area contributed by atoms with Crippen molar-refractivity contribution in [3.8, 4) is 0 Å². The first kappa shape index (κ1) is 15.1. The van der Waals surface area contributed by atoms with Crippen molar-refractivity contribution in [2.45, 2.75) is 52.6 Å². The SMILES string of the molecule is CN[Si](NC(C)(C)C)(NC(C)(C)C)OC. The van der Waals surface area contributed by atoms with E-state index in [1.54, 1.807) is 7.11 Å². The Kier molecular flexibility index (Phi) is 4.94. The van der Waals surface area contributed by atoms with Crippen molar-refractivity contribution < 1.29 is 4.43 Å². The van der Waals surface area contributed by atoms with Gasteiger partial charge in [0.05, 0.1) is 0 Å². The van der Waals surface area contributed by atoms with E-state index in [1.165, 1.54) is 0 Å². The predicted molar refractivity (Wildman–Crippen MR) is 67.6 cm³/mol. The summed E-state index contributed by atoms with van der Waals surface area (Å²) in [6.07, 6.45) is 0. The molecule has 5 heteroatoms. The largest absolute Gasteiger partial charge is 0.440 e. The molecule has 0 aromatic carbocycles. The van der Waals surface area contributed by atoms with Gasteiger partial charge in [0.2, 0.25) is 0 Å². The van der Waals surface area contributed by atoms with Gasteiger partial charge in [-0.15, -0.1) is 0 Å². The van der Waals surface area contributed by atoms with Crippen molar-refractivity contribution in [1.82, 2.24) is 14.9 Å². The van der Waals surface area contributed by atoms with Crippen LogP contribution in [0, 0.1) is 0 Å². The molecule has 0 radical (unpaired) electrons. The van der Waals surface area contributed by atoms with E-state index in [2.05, 4.69) is 56.5 Å². The van der Waals surface area contributed by atoms with E-state index in [4.69, 9.17) is 4.43 Å². The van der Waals surface area contributed by atoms with Gasteiger partial charge in [0, 0.05) is 18.2 Å². The van der Waals surface area contributed by atoms with Crippen LogP contribution in [-0.2, 0) is 4.43 Å². The lowest BCUT2D eigenvalue weighted by Crippen LogP contribution is -2.79. The van der Waals surface area contributed by atoms with Crippen LogP contribution >= 0.6 is 0 Å². The summed E-state index contributed by atoms with van der Waals surface area (Å²) < 4.78 is 5.64. The molecule has 0 atom stereocenters. The Morgan fingerprint density at radius 1 is 0.867 bits per heavy atom. The van der Waals surface area contributed by atoms with Crippen LogP contribution in [0.2, 0.25) is 0 Å². The van der Waals surface area contributed by atoms with E-state index in [9.17, 15) is 0 Å². The van der Waals surface area contributed by atoms with Crippen LogP contribution in [0.1, 0.15) is 41.5 Å². The van der Waals surface area contributed by atoms with Gasteiger partial charge < -0.3 is 4.43 Å². The van der Waals surface area contributed by atoms with E-state index < -0.39 is 8.80 Å². The van der Waals surface area contributed by atoms with Crippen molar-refractivity contribution in [2.75, 3.05) is 14.2 Å². The minimum Gasteiger partial charge on any atom is -0.383 e. The van der Waals surface area contributed by atoms with Crippen LogP contribution in [0.25, 0.3) is 0 Å². The van der Waals surface area contributed by atoms with Crippen molar-refractivity contribution in [2.24, 2.45) is 0 Å². The molecule has 0 saturated carbocycles. The van der Waals surface area contributed by atoms with Crippen LogP contribution in [-0.4, -0.2) is 34.0 Å². The minimum atomic E-state index is -2.26. The number of rotatable bonds is 4. The second-order valence-corrected chi connectivity index (χ2v) is 8.66. The zero-order chi connectivity index (χ0) is 12.3. The van der Waals surface area contributed by atoms with Gasteiger partial charge in [-0.1, -0.05) is 0 Å². The third-order valence-electron chi connectivity index (χ3n) is 1.76. The van der Waals surface area contributed by atoms with Crippen molar-refractivity contribution in [3.63, 3.8) is 0 Å². The van der Waals surface area contributed by atoms with Gasteiger partial charge >= 0.3 is 8.80 Å². The van der Waals surface area contributed by atoms with Crippen LogP contribution in [0.4, 0.5) is 0 Å². The van der Waals surface area contributed by atoms with E-state index in [-0.39, 0.29) is 11.1 Å². The van der Waals surface area contributed by atoms with Gasteiger partial charge in [-0.3, -0.25) is 14.9 Å². The molecule has 92 valence electrons. The van der Waals surface area contributed by atoms with Gasteiger partial charge in [0.15, 0.2) is 0 Å². The first-order valence-corrected chi connectivity index (χ1v) is 7.27. The summed E-state index contributed by atoms with van der Waals surface area (Å²) in [5.74, 6) is 0. The standard InChI is InChI=1S/C10H27N3OSi/c1-9(2,3)12-15(11-7,14-8)13-10(4,5)6/h11-13H,1-8H3. The monoisotopic (exact) mass is 233 g/mol. The highest BCUT2D eigenvalue weighted by Crippen LogP contribution is 2.08. The molecule has 0 unspecified atom stereocenters. The van der Waals surface area contributed by atoms with Gasteiger partial charge in [-0.25, -0.2) is 0 Å². The summed E-state index contributed by atoms with van der Waals surface area (Å²) in [5.41, 5.74) is 0.0347. The molecular formula is C10H27N3OSi. The summed E-state index contributed by atoms with van der Waals surface area (Å²) in [6.45, 7) is 12.8. The first-order valence-electron chi connectivity index (χ1n) is 5.36. The molecule has 0 bridgehead atoms. The summed E-state index contributed by atoms with van der Waals surface area (Å²) in [7, 11) is 1.40. The molecule has 0 rings (SSSR count). The minimum absolute atomic E-state index is 0.0174. The zero-order valence-corrected chi connectivity index (χ0v) is 12.4. The third-order valence-corrected chi connectivity index (χ3v) is 5.28. The Hall–Kier alpha value is 0.0569. The molecule has 0 aliphatic rings. The topological polar surface area (TPSA) is 45.3 Å². The van der Waals surface area contributed by atoms with Crippen LogP contribution in [0.3, 0.4) is 0 Å². The lowest BCUT2D eigenvalue weighted by molar-refractivity contribution is 0.301. The van der Waals surface area contributed by atoms with Gasteiger partial charge in [-0.2, -0.15) is 0 Å². The van der Waals surface area contributed by atoms with Gasteiger partial charge in [0.1, 0.15) is 0 Å². The smallest absolute Gasteiger partial charge is 0.383 e. The molecule has 0 heterocycles. The maximum absolute atomic E-state index is 5.64. The zero-order valence-electron chi connectivity index (χ0n) is 11.4. The number of hydrogen-bond acceptors (Lipinski definition) is 4. The number of hydrogen-bond donors (Lipinski definition) is 3. The lowest BCUT2D eigenvalue weighted by atomic mass is 10.1. The Balaban J connectivity index is 4.74. The second kappa shape index (κ2) is 4.93. The van der Waals surface area contributed by atoms with E-state index in [0.717, 1.165) is 0 Å². The molecule has 4 nitrogen and oxygen atoms in total. The highest BCUT2D eigenvalue weighted by Gasteiger charge is 2.41. The van der Waals surface area contributed by atoms with Crippen molar-refractivity contribution >= 4 is 8.80 Å². The molecule has 0 saturated heterocycles. The summed E-state index contributed by atoms with van der Waals surface area (Å²) in [4.78, 5) is 10.3. The molecule has 15 heavy (non-hydrogen) atoms. The molecule has 0 aromatic rings. The molecule has 0 aromatic heterocycles. The highest BCUT2D eigenvalue weighted by molar-refractivity contribution is 6.66. The fourth-order valence-electron chi connectivity index (χ4n) is 1.42. The quantitative estimate of drug-likeness (QED) is 0.636. The fourth-order valence-corrected chi connectivity index (χ4v) is 4.25. The molecule has 0 aliphatic heterocycles. The summed E-state index contributed by atoms with van der Waals surface area (Å²) in [6, 6.07) is 0. The maximum atomic E-state index is 5.64. The van der Waals surface area contributed by atoms with Crippen LogP contribution in [0.5, 0.6) is 0 Å². The fraction of sp³-hybridized carbons (Fsp3) is 1.00. The maximum Gasteiger partial charge on any atom is 0.440 e. The molecule has 3 N–H and O–H groups in total. The summed E-state index contributed by atoms with van der Waals surface area (Å²) in [5, 5.41) is 0. The lowest BCUT2D eigenvalue weighted by Gasteiger charge is -2.40. The van der Waals surface area contributed by atoms with Crippen molar-refractivity contribution in [1.29, 1.82) is 0 Å². The summed E-state index contributed by atoms with van der Waals surface area (Å²) >= 11 is 0. The molecule has 0 spiro atoms. The van der Waals surface area contributed by atoms with E-state index >= 15 is 0 Å². The Labute approximate surface area is 95.5 Å². The molecule has 0 amide bonds. The second-order valence-electron chi connectivity index (χ2n) is 5.89. The molecule has 0 aliphatic carbocycles. The van der Waals surface area contributed by atoms with E-state index in [0.29, 0.717) is 0 Å². The van der Waals surface area contributed by atoms with Crippen molar-refractivity contribution in [3.05, 3.63) is 0 Å². The Morgan fingerprint density at radius 3 is 1.33 bits per heavy atom. The van der Waals surface area contributed by atoms with Crippen LogP contribution < -0.4 is 14.9 Å². The normalized spacial score (nSPS) is 14.4. The Morgan fingerprint density at radius 2 is 1.20 bits per heavy atom. The average molecular weight is 233 g/mol. The average Bonchev–Trinajstić information content (AvgIpc) is 1.98. The number of nitrogens with one attached hydrogen (secondary N) is 3.